The molecule has 0 spiro atoms. The summed E-state index contributed by atoms with van der Waals surface area (Å²) in [6, 6.07) is 0. The minimum atomic E-state index is -0.755. The Morgan fingerprint density at radius 2 is 2.07 bits per heavy atom. The molecule has 0 aromatic rings. The number of hydrogen-bond acceptors (Lipinski definition) is 2. The van der Waals surface area contributed by atoms with Gasteiger partial charge in [-0.1, -0.05) is 6.42 Å². The maximum absolute atomic E-state index is 10.3. The number of carboxylic acids is 1. The molecule has 0 aromatic heterocycles. The van der Waals surface area contributed by atoms with Crippen molar-refractivity contribution in [3.05, 3.63) is 0 Å². The van der Waals surface area contributed by atoms with Gasteiger partial charge in [0, 0.05) is 18.7 Å². The lowest BCUT2D eigenvalue weighted by Crippen LogP contribution is -2.03. The summed E-state index contributed by atoms with van der Waals surface area (Å²) in [6.07, 6.45) is 4.96. The fourth-order valence-corrected chi connectivity index (χ4v) is 1.69. The Morgan fingerprint density at radius 1 is 1.36 bits per heavy atom. The first kappa shape index (κ1) is 13.4. The monoisotopic (exact) mass is 220 g/mol. The number of carbonyl (C=O) groups excluding carboxylic acids is 1. The first-order valence-corrected chi connectivity index (χ1v) is 5.45. The van der Waals surface area contributed by atoms with Gasteiger partial charge in [-0.25, -0.2) is 0 Å². The fourth-order valence-electron chi connectivity index (χ4n) is 1.38. The average molecular weight is 221 g/mol. The van der Waals surface area contributed by atoms with Crippen molar-refractivity contribution in [2.45, 2.75) is 38.5 Å². The Morgan fingerprint density at radius 3 is 2.57 bits per heavy atom. The molecule has 0 saturated carbocycles. The van der Waals surface area contributed by atoms with Crippen LogP contribution in [-0.2, 0) is 9.59 Å². The van der Waals surface area contributed by atoms with Crippen LogP contribution in [0.3, 0.4) is 0 Å². The van der Waals surface area contributed by atoms with Gasteiger partial charge in [0.1, 0.15) is 6.29 Å². The highest BCUT2D eigenvalue weighted by Crippen LogP contribution is 2.17. The molecule has 3 nitrogen and oxygen atoms in total. The summed E-state index contributed by atoms with van der Waals surface area (Å²) >= 11 is 5.59. The molecule has 1 N–H and O–H groups in total. The lowest BCUT2D eigenvalue weighted by Gasteiger charge is -2.11. The Kier molecular flexibility index (Phi) is 8.64. The van der Waals surface area contributed by atoms with E-state index in [0.717, 1.165) is 25.5 Å². The highest BCUT2D eigenvalue weighted by molar-refractivity contribution is 6.17. The van der Waals surface area contributed by atoms with E-state index < -0.39 is 5.97 Å². The number of alkyl halides is 1. The molecule has 4 heteroatoms. The van der Waals surface area contributed by atoms with Gasteiger partial charge < -0.3 is 9.90 Å². The van der Waals surface area contributed by atoms with Gasteiger partial charge in [-0.3, -0.25) is 4.79 Å². The standard InChI is InChI=1S/C10H17ClO3/c11-7-5-9(6-8-12)3-1-2-4-10(13)14/h8-9H,1-7H2,(H,13,14). The van der Waals surface area contributed by atoms with Crippen molar-refractivity contribution in [3.8, 4) is 0 Å². The number of halogens is 1. The van der Waals surface area contributed by atoms with Gasteiger partial charge in [0.2, 0.25) is 0 Å². The summed E-state index contributed by atoms with van der Waals surface area (Å²) in [6.45, 7) is 0. The Balaban J connectivity index is 3.49. The second-order valence-electron chi connectivity index (χ2n) is 3.39. The summed E-state index contributed by atoms with van der Waals surface area (Å²) in [5.41, 5.74) is 0. The normalized spacial score (nSPS) is 12.4. The largest absolute Gasteiger partial charge is 0.481 e. The molecule has 0 aliphatic heterocycles. The van der Waals surface area contributed by atoms with E-state index in [2.05, 4.69) is 0 Å². The Bertz CT molecular complexity index is 171. The van der Waals surface area contributed by atoms with Crippen molar-refractivity contribution in [1.29, 1.82) is 0 Å². The van der Waals surface area contributed by atoms with Gasteiger partial charge in [0.15, 0.2) is 0 Å². The van der Waals surface area contributed by atoms with E-state index in [0.29, 0.717) is 24.6 Å². The first-order chi connectivity index (χ1) is 6.70. The molecule has 0 aliphatic carbocycles. The SMILES string of the molecule is O=CCC(CCCl)CCCCC(=O)O. The van der Waals surface area contributed by atoms with Gasteiger partial charge in [-0.15, -0.1) is 11.6 Å². The minimum absolute atomic E-state index is 0.217. The van der Waals surface area contributed by atoms with Crippen LogP contribution in [0.15, 0.2) is 0 Å². The minimum Gasteiger partial charge on any atom is -0.481 e. The third kappa shape index (κ3) is 8.05. The Hall–Kier alpha value is -0.570. The van der Waals surface area contributed by atoms with Gasteiger partial charge >= 0.3 is 5.97 Å². The molecule has 0 bridgehead atoms. The molecule has 0 heterocycles. The number of unbranched alkanes of at least 4 members (excludes halogenated alkanes) is 1. The topological polar surface area (TPSA) is 54.4 Å². The van der Waals surface area contributed by atoms with Crippen LogP contribution in [0, 0.1) is 5.92 Å². The smallest absolute Gasteiger partial charge is 0.303 e. The van der Waals surface area contributed by atoms with Crippen LogP contribution in [0.4, 0.5) is 0 Å². The van der Waals surface area contributed by atoms with Crippen molar-refractivity contribution < 1.29 is 14.7 Å². The number of carboxylic acid groups (broad SMARTS) is 1. The molecule has 14 heavy (non-hydrogen) atoms. The summed E-state index contributed by atoms with van der Waals surface area (Å²) < 4.78 is 0. The third-order valence-corrected chi connectivity index (χ3v) is 2.42. The molecule has 1 atom stereocenters. The quantitative estimate of drug-likeness (QED) is 0.369. The van der Waals surface area contributed by atoms with E-state index in [1.165, 1.54) is 0 Å². The zero-order chi connectivity index (χ0) is 10.8. The van der Waals surface area contributed by atoms with Crippen LogP contribution in [0.5, 0.6) is 0 Å². The van der Waals surface area contributed by atoms with Crippen molar-refractivity contribution >= 4 is 23.9 Å². The average Bonchev–Trinajstić information content (AvgIpc) is 2.12. The summed E-state index contributed by atoms with van der Waals surface area (Å²) in [5.74, 6) is 0.144. The number of rotatable bonds is 9. The van der Waals surface area contributed by atoms with E-state index in [-0.39, 0.29) is 6.42 Å². The van der Waals surface area contributed by atoms with Crippen LogP contribution in [0.25, 0.3) is 0 Å². The molecule has 0 aromatic carbocycles. The second-order valence-corrected chi connectivity index (χ2v) is 3.76. The molecule has 0 amide bonds. The van der Waals surface area contributed by atoms with Crippen LogP contribution in [-0.4, -0.2) is 23.2 Å². The lowest BCUT2D eigenvalue weighted by molar-refractivity contribution is -0.137. The van der Waals surface area contributed by atoms with Crippen LogP contribution in [0.1, 0.15) is 38.5 Å². The maximum Gasteiger partial charge on any atom is 0.303 e. The van der Waals surface area contributed by atoms with Gasteiger partial charge in [0.25, 0.3) is 0 Å². The molecular weight excluding hydrogens is 204 g/mol. The lowest BCUT2D eigenvalue weighted by atomic mass is 9.96. The first-order valence-electron chi connectivity index (χ1n) is 4.92. The van der Waals surface area contributed by atoms with E-state index in [9.17, 15) is 9.59 Å². The zero-order valence-electron chi connectivity index (χ0n) is 8.25. The molecule has 0 aliphatic rings. The number of hydrogen-bond donors (Lipinski definition) is 1. The third-order valence-electron chi connectivity index (χ3n) is 2.20. The molecular formula is C10H17ClO3. The van der Waals surface area contributed by atoms with Crippen LogP contribution >= 0.6 is 11.6 Å². The maximum atomic E-state index is 10.3. The van der Waals surface area contributed by atoms with E-state index in [4.69, 9.17) is 16.7 Å². The van der Waals surface area contributed by atoms with Crippen LogP contribution in [0.2, 0.25) is 0 Å². The highest BCUT2D eigenvalue weighted by atomic mass is 35.5. The van der Waals surface area contributed by atoms with Crippen molar-refractivity contribution in [2.24, 2.45) is 5.92 Å². The summed E-state index contributed by atoms with van der Waals surface area (Å²) in [7, 11) is 0. The van der Waals surface area contributed by atoms with Crippen molar-refractivity contribution in [1.82, 2.24) is 0 Å². The van der Waals surface area contributed by atoms with Gasteiger partial charge in [-0.2, -0.15) is 0 Å². The zero-order valence-corrected chi connectivity index (χ0v) is 9.00. The number of aldehydes is 1. The molecule has 82 valence electrons. The van der Waals surface area contributed by atoms with Crippen molar-refractivity contribution in [2.75, 3.05) is 5.88 Å². The number of carbonyl (C=O) groups is 2. The van der Waals surface area contributed by atoms with Gasteiger partial charge in [0.05, 0.1) is 0 Å². The Labute approximate surface area is 89.4 Å². The van der Waals surface area contributed by atoms with E-state index in [1.807, 2.05) is 0 Å². The molecule has 1 unspecified atom stereocenters. The van der Waals surface area contributed by atoms with Crippen molar-refractivity contribution in [3.63, 3.8) is 0 Å². The van der Waals surface area contributed by atoms with E-state index >= 15 is 0 Å². The fraction of sp³-hybridized carbons (Fsp3) is 0.800. The molecule has 0 saturated heterocycles. The highest BCUT2D eigenvalue weighted by Gasteiger charge is 2.07. The molecule has 0 radical (unpaired) electrons. The number of aliphatic carboxylic acids is 1. The predicted molar refractivity (Wildman–Crippen MR) is 55.6 cm³/mol. The van der Waals surface area contributed by atoms with Crippen LogP contribution < -0.4 is 0 Å². The second kappa shape index (κ2) is 9.00. The molecule has 0 rings (SSSR count). The van der Waals surface area contributed by atoms with E-state index in [1.54, 1.807) is 0 Å². The summed E-state index contributed by atoms with van der Waals surface area (Å²) in [4.78, 5) is 20.5. The summed E-state index contributed by atoms with van der Waals surface area (Å²) in [5, 5.41) is 8.41. The van der Waals surface area contributed by atoms with Gasteiger partial charge in [-0.05, 0) is 25.2 Å². The predicted octanol–water partition coefficient (Wildman–Crippen LogP) is 2.47. The molecule has 0 fully saturated rings.